The van der Waals surface area contributed by atoms with Crippen LogP contribution in [0.5, 0.6) is 0 Å². The molecule has 0 saturated heterocycles. The molecular formula is C20H20N4O10S4. The van der Waals surface area contributed by atoms with Crippen molar-refractivity contribution in [2.24, 2.45) is 0 Å². The van der Waals surface area contributed by atoms with Crippen LogP contribution < -0.4 is 9.44 Å². The van der Waals surface area contributed by atoms with Crippen LogP contribution in [0.25, 0.3) is 0 Å². The van der Waals surface area contributed by atoms with Crippen LogP contribution in [-0.4, -0.2) is 49.3 Å². The largest absolute Gasteiger partial charge is 0.477 e. The number of nitrogens with one attached hydrogen (secondary N) is 2. The van der Waals surface area contributed by atoms with E-state index in [1.165, 1.54) is 22.9 Å². The predicted octanol–water partition coefficient (Wildman–Crippen LogP) is 3.70. The summed E-state index contributed by atoms with van der Waals surface area (Å²) in [4.78, 5) is 20.8. The Bertz CT molecular complexity index is 1580. The lowest BCUT2D eigenvalue weighted by Gasteiger charge is -2.04. The van der Waals surface area contributed by atoms with Crippen molar-refractivity contribution >= 4 is 66.4 Å². The summed E-state index contributed by atoms with van der Waals surface area (Å²) in [6, 6.07) is 2.46. The first-order valence-electron chi connectivity index (χ1n) is 10.2. The van der Waals surface area contributed by atoms with Gasteiger partial charge in [0.15, 0.2) is 0 Å². The topological polar surface area (TPSA) is 219 Å². The Kier molecular flexibility index (Phi) is 8.30. The zero-order valence-electron chi connectivity index (χ0n) is 20.0. The van der Waals surface area contributed by atoms with Gasteiger partial charge < -0.3 is 19.3 Å². The molecule has 18 heteroatoms. The molecule has 0 aliphatic carbocycles. The maximum Gasteiger partial charge on any atom is 0.347 e. The number of carbonyl (C=O) groups is 2. The maximum absolute atomic E-state index is 12.1. The van der Waals surface area contributed by atoms with Gasteiger partial charge in [0.2, 0.25) is 11.8 Å². The van der Waals surface area contributed by atoms with E-state index in [4.69, 9.17) is 19.3 Å². The maximum atomic E-state index is 12.1. The van der Waals surface area contributed by atoms with E-state index in [0.717, 1.165) is 22.7 Å². The summed E-state index contributed by atoms with van der Waals surface area (Å²) in [5.74, 6) is -2.61. The monoisotopic (exact) mass is 604 g/mol. The molecule has 4 rings (SSSR count). The average Bonchev–Trinajstić information content (AvgIpc) is 3.62. The molecule has 0 atom stereocenters. The van der Waals surface area contributed by atoms with E-state index in [0.29, 0.717) is 22.5 Å². The smallest absolute Gasteiger partial charge is 0.347 e. The molecule has 0 radical (unpaired) electrons. The Morgan fingerprint density at radius 3 is 1.34 bits per heavy atom. The molecule has 0 aromatic carbocycles. The summed E-state index contributed by atoms with van der Waals surface area (Å²) in [5, 5.41) is 27.9. The zero-order valence-corrected chi connectivity index (χ0v) is 23.3. The average molecular weight is 605 g/mol. The first-order chi connectivity index (χ1) is 17.7. The Morgan fingerprint density at radius 1 is 0.737 bits per heavy atom. The number of carboxylic acid groups (broad SMARTS) is 2. The number of aryl methyl sites for hydroxylation is 2. The number of thiophene rings is 2. The number of anilines is 2. The molecule has 4 aromatic rings. The summed E-state index contributed by atoms with van der Waals surface area (Å²) in [5.41, 5.74) is 2.22. The fourth-order valence-corrected chi connectivity index (χ4v) is 7.32. The van der Waals surface area contributed by atoms with Gasteiger partial charge in [0.25, 0.3) is 20.0 Å². The highest BCUT2D eigenvalue weighted by molar-refractivity contribution is 7.93. The quantitative estimate of drug-likeness (QED) is 0.226. The standard InChI is InChI=1S/2C10H10N2O5S2/c2*1-5-6(2)11-17-9(5)12-19(15,16)7-3-4-18-8(7)10(13)14/h2*3-4,12H,1-2H3,(H,13,14). The molecular weight excluding hydrogens is 585 g/mol. The Balaban J connectivity index is 0.000000211. The second-order valence-corrected chi connectivity index (χ2v) is 12.6. The van der Waals surface area contributed by atoms with Gasteiger partial charge in [0.1, 0.15) is 19.5 Å². The van der Waals surface area contributed by atoms with Crippen molar-refractivity contribution in [2.75, 3.05) is 9.44 Å². The van der Waals surface area contributed by atoms with Crippen molar-refractivity contribution in [3.05, 3.63) is 55.2 Å². The lowest BCUT2D eigenvalue weighted by atomic mass is 10.3. The van der Waals surface area contributed by atoms with Gasteiger partial charge in [0, 0.05) is 11.1 Å². The third kappa shape index (κ3) is 6.04. The molecule has 0 spiro atoms. The molecule has 4 aromatic heterocycles. The van der Waals surface area contributed by atoms with Gasteiger partial charge in [-0.3, -0.25) is 0 Å². The summed E-state index contributed by atoms with van der Waals surface area (Å²) < 4.78 is 62.4. The van der Waals surface area contributed by atoms with Gasteiger partial charge in [0.05, 0.1) is 11.4 Å². The molecule has 0 unspecified atom stereocenters. The van der Waals surface area contributed by atoms with Gasteiger partial charge in [-0.2, -0.15) is 0 Å². The molecule has 204 valence electrons. The molecule has 0 amide bonds. The Morgan fingerprint density at radius 2 is 1.08 bits per heavy atom. The van der Waals surface area contributed by atoms with E-state index in [-0.39, 0.29) is 31.3 Å². The highest BCUT2D eigenvalue weighted by atomic mass is 32.2. The second-order valence-electron chi connectivity index (χ2n) is 7.49. The van der Waals surface area contributed by atoms with Gasteiger partial charge in [-0.05, 0) is 50.6 Å². The van der Waals surface area contributed by atoms with Crippen LogP contribution in [0.4, 0.5) is 11.8 Å². The lowest BCUT2D eigenvalue weighted by molar-refractivity contribution is 0.0687. The molecule has 14 nitrogen and oxygen atoms in total. The van der Waals surface area contributed by atoms with E-state index in [1.807, 2.05) is 0 Å². The lowest BCUT2D eigenvalue weighted by Crippen LogP contribution is -2.15. The van der Waals surface area contributed by atoms with E-state index in [2.05, 4.69) is 19.8 Å². The normalized spacial score (nSPS) is 11.5. The van der Waals surface area contributed by atoms with Crippen molar-refractivity contribution in [3.8, 4) is 0 Å². The molecule has 0 bridgehead atoms. The van der Waals surface area contributed by atoms with Gasteiger partial charge in [-0.25, -0.2) is 35.9 Å². The van der Waals surface area contributed by atoms with Crippen molar-refractivity contribution in [1.82, 2.24) is 10.3 Å². The van der Waals surface area contributed by atoms with Crippen LogP contribution in [0, 0.1) is 27.7 Å². The number of hydrogen-bond donors (Lipinski definition) is 4. The zero-order chi connectivity index (χ0) is 28.4. The van der Waals surface area contributed by atoms with Crippen LogP contribution in [0.1, 0.15) is 41.9 Å². The highest BCUT2D eigenvalue weighted by Crippen LogP contribution is 2.27. The van der Waals surface area contributed by atoms with E-state index < -0.39 is 32.0 Å². The fraction of sp³-hybridized carbons (Fsp3) is 0.200. The number of hydrogen-bond acceptors (Lipinski definition) is 12. The number of carboxylic acids is 2. The van der Waals surface area contributed by atoms with Crippen LogP contribution in [0.3, 0.4) is 0 Å². The van der Waals surface area contributed by atoms with E-state index >= 15 is 0 Å². The SMILES string of the molecule is Cc1noc(NS(=O)(=O)c2ccsc2C(=O)O)c1C.Cc1noc(NS(=O)(=O)c2ccsc2C(=O)O)c1C. The number of sulfonamides is 2. The summed E-state index contributed by atoms with van der Waals surface area (Å²) in [7, 11) is -8.02. The summed E-state index contributed by atoms with van der Waals surface area (Å²) in [6.07, 6.45) is 0. The van der Waals surface area contributed by atoms with Crippen LogP contribution in [-0.2, 0) is 20.0 Å². The fourth-order valence-electron chi connectivity index (χ4n) is 2.71. The third-order valence-corrected chi connectivity index (χ3v) is 9.80. The van der Waals surface area contributed by atoms with Crippen molar-refractivity contribution in [2.45, 2.75) is 37.5 Å². The molecule has 4 N–H and O–H groups in total. The van der Waals surface area contributed by atoms with Gasteiger partial charge in [-0.15, -0.1) is 22.7 Å². The predicted molar refractivity (Wildman–Crippen MR) is 136 cm³/mol. The van der Waals surface area contributed by atoms with Crippen LogP contribution >= 0.6 is 22.7 Å². The number of rotatable bonds is 8. The minimum Gasteiger partial charge on any atom is -0.477 e. The van der Waals surface area contributed by atoms with Crippen LogP contribution in [0.15, 0.2) is 41.7 Å². The minimum absolute atomic E-state index is 0.0139. The van der Waals surface area contributed by atoms with Crippen LogP contribution in [0.2, 0.25) is 0 Å². The minimum atomic E-state index is -4.01. The summed E-state index contributed by atoms with van der Waals surface area (Å²) in [6.45, 7) is 6.64. The molecule has 0 fully saturated rings. The molecule has 0 saturated carbocycles. The first kappa shape index (κ1) is 28.8. The van der Waals surface area contributed by atoms with Crippen molar-refractivity contribution < 1.29 is 45.7 Å². The second kappa shape index (κ2) is 10.9. The molecule has 0 aliphatic rings. The van der Waals surface area contributed by atoms with Crippen molar-refractivity contribution in [1.29, 1.82) is 0 Å². The molecule has 0 aliphatic heterocycles. The van der Waals surface area contributed by atoms with Gasteiger partial charge in [-0.1, -0.05) is 10.3 Å². The molecule has 38 heavy (non-hydrogen) atoms. The number of aromatic carboxylic acids is 2. The van der Waals surface area contributed by atoms with Crippen molar-refractivity contribution in [3.63, 3.8) is 0 Å². The van der Waals surface area contributed by atoms with Gasteiger partial charge >= 0.3 is 11.9 Å². The first-order valence-corrected chi connectivity index (χ1v) is 14.9. The Labute approximate surface area is 224 Å². The highest BCUT2D eigenvalue weighted by Gasteiger charge is 2.27. The summed E-state index contributed by atoms with van der Waals surface area (Å²) >= 11 is 1.68. The number of aromatic nitrogens is 2. The Hall–Kier alpha value is -3.74. The van der Waals surface area contributed by atoms with E-state index in [9.17, 15) is 26.4 Å². The third-order valence-electron chi connectivity index (χ3n) is 4.99. The molecule has 4 heterocycles. The van der Waals surface area contributed by atoms with E-state index in [1.54, 1.807) is 27.7 Å². The number of nitrogens with zero attached hydrogens (tertiary/aromatic N) is 2.